The second-order valence-electron chi connectivity index (χ2n) is 6.74. The van der Waals surface area contributed by atoms with E-state index < -0.39 is 0 Å². The Morgan fingerprint density at radius 1 is 1.36 bits per heavy atom. The van der Waals surface area contributed by atoms with E-state index in [0.717, 1.165) is 49.9 Å². The van der Waals surface area contributed by atoms with Gasteiger partial charge in [-0.3, -0.25) is 4.99 Å². The summed E-state index contributed by atoms with van der Waals surface area (Å²) in [6.45, 7) is 5.39. The van der Waals surface area contributed by atoms with Crippen LogP contribution in [-0.4, -0.2) is 51.0 Å². The topological polar surface area (TPSA) is 65.9 Å². The standard InChI is InChI=1S/C19H30ClN3O2/c1-3-15(16-4-6-17(20)7-5-16)12-22-18(21-2)23-13-19(8-10-24)9-11-25-14-19/h4-7,15,24H,3,8-14H2,1-2H3,(H2,21,22,23). The lowest BCUT2D eigenvalue weighted by Crippen LogP contribution is -2.45. The quantitative estimate of drug-likeness (QED) is 0.488. The first kappa shape index (κ1) is 20.0. The van der Waals surface area contributed by atoms with Gasteiger partial charge in [0.1, 0.15) is 0 Å². The molecule has 0 spiro atoms. The van der Waals surface area contributed by atoms with Crippen molar-refractivity contribution < 1.29 is 9.84 Å². The highest BCUT2D eigenvalue weighted by atomic mass is 35.5. The van der Waals surface area contributed by atoms with Crippen LogP contribution in [0.3, 0.4) is 0 Å². The van der Waals surface area contributed by atoms with Gasteiger partial charge in [0.05, 0.1) is 6.61 Å². The molecule has 2 rings (SSSR count). The third-order valence-corrected chi connectivity index (χ3v) is 5.28. The fraction of sp³-hybridized carbons (Fsp3) is 0.632. The molecule has 1 aliphatic rings. The molecule has 1 aliphatic heterocycles. The number of nitrogens with zero attached hydrogens (tertiary/aromatic N) is 1. The predicted octanol–water partition coefficient (Wildman–Crippen LogP) is 2.79. The summed E-state index contributed by atoms with van der Waals surface area (Å²) in [5, 5.41) is 16.9. The van der Waals surface area contributed by atoms with Crippen molar-refractivity contribution in [2.45, 2.75) is 32.1 Å². The molecule has 0 saturated carbocycles. The van der Waals surface area contributed by atoms with Gasteiger partial charge in [0, 0.05) is 49.7 Å². The number of hydrogen-bond acceptors (Lipinski definition) is 3. The Morgan fingerprint density at radius 2 is 2.12 bits per heavy atom. The lowest BCUT2D eigenvalue weighted by molar-refractivity contribution is 0.127. The van der Waals surface area contributed by atoms with Crippen LogP contribution in [0.2, 0.25) is 5.02 Å². The van der Waals surface area contributed by atoms with Crippen LogP contribution in [0.5, 0.6) is 0 Å². The highest BCUT2D eigenvalue weighted by Gasteiger charge is 2.34. The average Bonchev–Trinajstić information content (AvgIpc) is 3.08. The minimum Gasteiger partial charge on any atom is -0.396 e. The number of nitrogens with one attached hydrogen (secondary N) is 2. The molecule has 5 nitrogen and oxygen atoms in total. The van der Waals surface area contributed by atoms with Crippen LogP contribution in [0, 0.1) is 5.41 Å². The molecular formula is C19H30ClN3O2. The van der Waals surface area contributed by atoms with E-state index in [1.807, 2.05) is 12.1 Å². The molecule has 1 aromatic carbocycles. The minimum absolute atomic E-state index is 0.00665. The molecule has 2 unspecified atom stereocenters. The summed E-state index contributed by atoms with van der Waals surface area (Å²) in [7, 11) is 1.78. The largest absolute Gasteiger partial charge is 0.396 e. The molecule has 3 N–H and O–H groups in total. The van der Waals surface area contributed by atoms with Crippen molar-refractivity contribution in [3.8, 4) is 0 Å². The number of ether oxygens (including phenoxy) is 1. The summed E-state index contributed by atoms with van der Waals surface area (Å²) in [5.74, 6) is 1.19. The molecule has 1 fully saturated rings. The van der Waals surface area contributed by atoms with Gasteiger partial charge in [0.15, 0.2) is 5.96 Å². The lowest BCUT2D eigenvalue weighted by atomic mass is 9.84. The number of aliphatic hydroxyl groups excluding tert-OH is 1. The molecule has 140 valence electrons. The van der Waals surface area contributed by atoms with Crippen LogP contribution in [0.1, 0.15) is 37.7 Å². The van der Waals surface area contributed by atoms with E-state index in [1.54, 1.807) is 7.05 Å². The van der Waals surface area contributed by atoms with Crippen molar-refractivity contribution in [1.29, 1.82) is 0 Å². The van der Waals surface area contributed by atoms with Gasteiger partial charge in [-0.15, -0.1) is 0 Å². The summed E-state index contributed by atoms with van der Waals surface area (Å²) < 4.78 is 5.54. The third kappa shape index (κ3) is 5.87. The first-order valence-corrected chi connectivity index (χ1v) is 9.39. The van der Waals surface area contributed by atoms with Gasteiger partial charge < -0.3 is 20.5 Å². The molecule has 1 heterocycles. The minimum atomic E-state index is 0.00665. The van der Waals surface area contributed by atoms with Gasteiger partial charge in [-0.2, -0.15) is 0 Å². The SMILES string of the molecule is CCC(CNC(=NC)NCC1(CCO)CCOC1)c1ccc(Cl)cc1. The number of benzene rings is 1. The predicted molar refractivity (Wildman–Crippen MR) is 103 cm³/mol. The van der Waals surface area contributed by atoms with E-state index in [2.05, 4.69) is 34.7 Å². The maximum atomic E-state index is 9.33. The van der Waals surface area contributed by atoms with E-state index in [1.165, 1.54) is 5.56 Å². The number of aliphatic imine (C=N–C) groups is 1. The Bertz CT molecular complexity index is 542. The molecule has 1 aromatic rings. The van der Waals surface area contributed by atoms with Crippen molar-refractivity contribution in [3.63, 3.8) is 0 Å². The average molecular weight is 368 g/mol. The Morgan fingerprint density at radius 3 is 2.68 bits per heavy atom. The molecule has 1 saturated heterocycles. The van der Waals surface area contributed by atoms with Gasteiger partial charge in [-0.05, 0) is 37.0 Å². The van der Waals surface area contributed by atoms with Crippen LogP contribution < -0.4 is 10.6 Å². The van der Waals surface area contributed by atoms with Crippen molar-refractivity contribution in [3.05, 3.63) is 34.9 Å². The van der Waals surface area contributed by atoms with E-state index in [0.29, 0.717) is 12.5 Å². The van der Waals surface area contributed by atoms with Crippen molar-refractivity contribution in [2.75, 3.05) is 40.0 Å². The molecule has 0 aromatic heterocycles. The van der Waals surface area contributed by atoms with Crippen molar-refractivity contribution in [1.82, 2.24) is 10.6 Å². The fourth-order valence-corrected chi connectivity index (χ4v) is 3.38. The lowest BCUT2D eigenvalue weighted by Gasteiger charge is -2.28. The first-order chi connectivity index (χ1) is 12.1. The smallest absolute Gasteiger partial charge is 0.191 e. The van der Waals surface area contributed by atoms with Crippen LogP contribution in [0.15, 0.2) is 29.3 Å². The van der Waals surface area contributed by atoms with Gasteiger partial charge in [-0.25, -0.2) is 0 Å². The molecule has 25 heavy (non-hydrogen) atoms. The molecule has 6 heteroatoms. The first-order valence-electron chi connectivity index (χ1n) is 9.01. The number of rotatable bonds is 8. The molecule has 0 bridgehead atoms. The van der Waals surface area contributed by atoms with Gasteiger partial charge >= 0.3 is 0 Å². The normalized spacial score (nSPS) is 22.0. The highest BCUT2D eigenvalue weighted by molar-refractivity contribution is 6.30. The van der Waals surface area contributed by atoms with Crippen LogP contribution in [0.25, 0.3) is 0 Å². The van der Waals surface area contributed by atoms with E-state index in [9.17, 15) is 5.11 Å². The number of guanidine groups is 1. The molecular weight excluding hydrogens is 338 g/mol. The fourth-order valence-electron chi connectivity index (χ4n) is 3.26. The van der Waals surface area contributed by atoms with Gasteiger partial charge in [0.25, 0.3) is 0 Å². The Kier molecular flexibility index (Phi) is 8.00. The van der Waals surface area contributed by atoms with E-state index >= 15 is 0 Å². The number of halogens is 1. The van der Waals surface area contributed by atoms with Gasteiger partial charge in [-0.1, -0.05) is 30.7 Å². The summed E-state index contributed by atoms with van der Waals surface area (Å²) >= 11 is 5.98. The second-order valence-corrected chi connectivity index (χ2v) is 7.18. The Labute approximate surface area is 155 Å². The molecule has 0 aliphatic carbocycles. The van der Waals surface area contributed by atoms with Crippen molar-refractivity contribution >= 4 is 17.6 Å². The highest BCUT2D eigenvalue weighted by Crippen LogP contribution is 2.31. The maximum Gasteiger partial charge on any atom is 0.191 e. The Hall–Kier alpha value is -1.30. The number of aliphatic hydroxyl groups is 1. The summed E-state index contributed by atoms with van der Waals surface area (Å²) in [5.41, 5.74) is 1.28. The van der Waals surface area contributed by atoms with E-state index in [-0.39, 0.29) is 12.0 Å². The maximum absolute atomic E-state index is 9.33. The summed E-state index contributed by atoms with van der Waals surface area (Å²) in [6.07, 6.45) is 2.76. The second kappa shape index (κ2) is 10.00. The zero-order chi connectivity index (χ0) is 18.1. The molecule has 0 radical (unpaired) electrons. The monoisotopic (exact) mass is 367 g/mol. The Balaban J connectivity index is 1.87. The molecule has 0 amide bonds. The third-order valence-electron chi connectivity index (χ3n) is 5.03. The van der Waals surface area contributed by atoms with Crippen LogP contribution in [-0.2, 0) is 4.74 Å². The zero-order valence-electron chi connectivity index (χ0n) is 15.2. The van der Waals surface area contributed by atoms with Gasteiger partial charge in [0.2, 0.25) is 0 Å². The van der Waals surface area contributed by atoms with Crippen LogP contribution in [0.4, 0.5) is 0 Å². The van der Waals surface area contributed by atoms with Crippen molar-refractivity contribution in [2.24, 2.45) is 10.4 Å². The summed E-state index contributed by atoms with van der Waals surface area (Å²) in [4.78, 5) is 4.32. The van der Waals surface area contributed by atoms with Crippen LogP contribution >= 0.6 is 11.6 Å². The summed E-state index contributed by atoms with van der Waals surface area (Å²) in [6, 6.07) is 8.04. The molecule has 2 atom stereocenters. The van der Waals surface area contributed by atoms with E-state index in [4.69, 9.17) is 16.3 Å². The zero-order valence-corrected chi connectivity index (χ0v) is 16.0. The number of hydrogen-bond donors (Lipinski definition) is 3.